The van der Waals surface area contributed by atoms with Gasteiger partial charge in [-0.3, -0.25) is 4.79 Å². The highest BCUT2D eigenvalue weighted by Crippen LogP contribution is 2.23. The lowest BCUT2D eigenvalue weighted by Gasteiger charge is -2.35. The summed E-state index contributed by atoms with van der Waals surface area (Å²) < 4.78 is 27.0. The largest absolute Gasteiger partial charge is 0.356 e. The third-order valence-electron chi connectivity index (χ3n) is 6.60. The van der Waals surface area contributed by atoms with Crippen molar-refractivity contribution in [3.63, 3.8) is 0 Å². The highest BCUT2D eigenvalue weighted by Gasteiger charge is 2.31. The molecule has 8 heteroatoms. The second-order valence-electron chi connectivity index (χ2n) is 8.80. The lowest BCUT2D eigenvalue weighted by atomic mass is 9.97. The molecule has 0 spiro atoms. The van der Waals surface area contributed by atoms with E-state index in [1.807, 2.05) is 0 Å². The molecule has 0 radical (unpaired) electrons. The predicted octanol–water partition coefficient (Wildman–Crippen LogP) is 3.65. The fourth-order valence-electron chi connectivity index (χ4n) is 4.78. The van der Waals surface area contributed by atoms with Crippen molar-refractivity contribution < 1.29 is 13.2 Å². The second kappa shape index (κ2) is 11.6. The second-order valence-corrected chi connectivity index (χ2v) is 11.2. The van der Waals surface area contributed by atoms with E-state index < -0.39 is 10.0 Å². The molecule has 2 aliphatic heterocycles. The number of carbonyl (C=O) groups excluding carboxylic acids is 1. The zero-order chi connectivity index (χ0) is 22.3. The molecule has 2 heterocycles. The number of carbonyl (C=O) groups is 1. The Bertz CT molecular complexity index is 825. The molecule has 1 amide bonds. The maximum Gasteiger partial charge on any atom is 0.223 e. The number of benzene rings is 1. The average Bonchev–Trinajstić information content (AvgIpc) is 2.76. The van der Waals surface area contributed by atoms with E-state index in [1.165, 1.54) is 36.5 Å². The molecule has 2 aliphatic rings. The minimum Gasteiger partial charge on any atom is -0.356 e. The molecule has 2 saturated heterocycles. The Balaban J connectivity index is 1.38. The molecule has 2 fully saturated rings. The van der Waals surface area contributed by atoms with Gasteiger partial charge in [-0.2, -0.15) is 0 Å². The molecule has 31 heavy (non-hydrogen) atoms. The molecule has 1 atom stereocenters. The topological polar surface area (TPSA) is 69.7 Å². The summed E-state index contributed by atoms with van der Waals surface area (Å²) in [6.07, 6.45) is 7.22. The predicted molar refractivity (Wildman–Crippen MR) is 126 cm³/mol. The fourth-order valence-corrected chi connectivity index (χ4v) is 6.54. The quantitative estimate of drug-likeness (QED) is 0.560. The fraction of sp³-hybridized carbons (Fsp3) is 0.696. The summed E-state index contributed by atoms with van der Waals surface area (Å²) in [5.74, 6) is -0.0896. The molecular weight excluding hydrogens is 434 g/mol. The zero-order valence-electron chi connectivity index (χ0n) is 18.6. The number of nitrogens with one attached hydrogen (secondary N) is 1. The third-order valence-corrected chi connectivity index (χ3v) is 8.68. The Labute approximate surface area is 192 Å². The Morgan fingerprint density at radius 1 is 1.16 bits per heavy atom. The first kappa shape index (κ1) is 24.5. The SMILES string of the molecule is CC[C@@H]1CCCCN1CCCNC(=O)C1CCN(S(=O)(=O)Cc2cccc(Cl)c2)CC1. The van der Waals surface area contributed by atoms with Gasteiger partial charge in [0.25, 0.3) is 0 Å². The molecule has 1 N–H and O–H groups in total. The van der Waals surface area contributed by atoms with Crippen molar-refractivity contribution >= 4 is 27.5 Å². The zero-order valence-corrected chi connectivity index (χ0v) is 20.1. The van der Waals surface area contributed by atoms with Crippen LogP contribution >= 0.6 is 11.6 Å². The lowest BCUT2D eigenvalue weighted by molar-refractivity contribution is -0.126. The molecular formula is C23H36ClN3O3S. The van der Waals surface area contributed by atoms with E-state index in [0.717, 1.165) is 13.0 Å². The van der Waals surface area contributed by atoms with E-state index >= 15 is 0 Å². The summed E-state index contributed by atoms with van der Waals surface area (Å²) in [5, 5.41) is 3.61. The van der Waals surface area contributed by atoms with Crippen molar-refractivity contribution in [2.75, 3.05) is 32.7 Å². The summed E-state index contributed by atoms with van der Waals surface area (Å²) in [6, 6.07) is 7.65. The highest BCUT2D eigenvalue weighted by molar-refractivity contribution is 7.88. The maximum atomic E-state index is 12.7. The number of hydrogen-bond acceptors (Lipinski definition) is 4. The van der Waals surface area contributed by atoms with Crippen molar-refractivity contribution in [2.24, 2.45) is 5.92 Å². The first-order chi connectivity index (χ1) is 14.9. The molecule has 3 rings (SSSR count). The molecule has 6 nitrogen and oxygen atoms in total. The van der Waals surface area contributed by atoms with Crippen LogP contribution in [0.2, 0.25) is 5.02 Å². The van der Waals surface area contributed by atoms with Crippen LogP contribution in [0.25, 0.3) is 0 Å². The standard InChI is InChI=1S/C23H36ClN3O3S/c1-2-22-9-3-4-13-26(22)14-6-12-25-23(28)20-10-15-27(16-11-20)31(29,30)18-19-7-5-8-21(24)17-19/h5,7-8,17,20,22H,2-4,6,9-16,18H2,1H3,(H,25,28)/t22-/m1/s1. The normalized spacial score (nSPS) is 21.8. The molecule has 0 aliphatic carbocycles. The van der Waals surface area contributed by atoms with Crippen LogP contribution in [0, 0.1) is 5.92 Å². The van der Waals surface area contributed by atoms with Crippen molar-refractivity contribution in [3.05, 3.63) is 34.9 Å². The average molecular weight is 470 g/mol. The van der Waals surface area contributed by atoms with Gasteiger partial charge in [0.05, 0.1) is 5.75 Å². The number of rotatable bonds is 9. The summed E-state index contributed by atoms with van der Waals surface area (Å²) in [6.45, 7) is 5.96. The van der Waals surface area contributed by atoms with Gasteiger partial charge in [0.15, 0.2) is 0 Å². The molecule has 0 aromatic heterocycles. The van der Waals surface area contributed by atoms with Crippen LogP contribution < -0.4 is 5.32 Å². The number of sulfonamides is 1. The first-order valence-corrected chi connectivity index (χ1v) is 13.6. The maximum absolute atomic E-state index is 12.7. The molecule has 174 valence electrons. The van der Waals surface area contributed by atoms with Gasteiger partial charge < -0.3 is 10.2 Å². The van der Waals surface area contributed by atoms with Gasteiger partial charge in [-0.05, 0) is 62.8 Å². The Morgan fingerprint density at radius 2 is 1.94 bits per heavy atom. The number of nitrogens with zero attached hydrogens (tertiary/aromatic N) is 2. The molecule has 0 bridgehead atoms. The third kappa shape index (κ3) is 7.17. The number of halogens is 1. The van der Waals surface area contributed by atoms with Gasteiger partial charge in [0, 0.05) is 43.2 Å². The van der Waals surface area contributed by atoms with E-state index in [2.05, 4.69) is 17.1 Å². The number of amides is 1. The van der Waals surface area contributed by atoms with Crippen molar-refractivity contribution in [2.45, 2.75) is 63.7 Å². The Morgan fingerprint density at radius 3 is 2.65 bits per heavy atom. The van der Waals surface area contributed by atoms with Gasteiger partial charge >= 0.3 is 0 Å². The summed E-state index contributed by atoms with van der Waals surface area (Å²) in [5.41, 5.74) is 0.686. The minimum absolute atomic E-state index is 0.0559. The minimum atomic E-state index is -3.41. The van der Waals surface area contributed by atoms with Crippen LogP contribution in [-0.4, -0.2) is 62.3 Å². The number of piperidine rings is 2. The first-order valence-electron chi connectivity index (χ1n) is 11.6. The summed E-state index contributed by atoms with van der Waals surface area (Å²) in [7, 11) is -3.41. The number of hydrogen-bond donors (Lipinski definition) is 1. The van der Waals surface area contributed by atoms with Crippen LogP contribution in [0.5, 0.6) is 0 Å². The van der Waals surface area contributed by atoms with Crippen LogP contribution in [0.3, 0.4) is 0 Å². The smallest absolute Gasteiger partial charge is 0.223 e. The van der Waals surface area contributed by atoms with Gasteiger partial charge in [-0.25, -0.2) is 12.7 Å². The lowest BCUT2D eigenvalue weighted by Crippen LogP contribution is -2.44. The van der Waals surface area contributed by atoms with Crippen LogP contribution in [-0.2, 0) is 20.6 Å². The van der Waals surface area contributed by atoms with Crippen molar-refractivity contribution in [1.29, 1.82) is 0 Å². The van der Waals surface area contributed by atoms with Crippen LogP contribution in [0.1, 0.15) is 57.4 Å². The monoisotopic (exact) mass is 469 g/mol. The van der Waals surface area contributed by atoms with E-state index in [4.69, 9.17) is 11.6 Å². The van der Waals surface area contributed by atoms with Crippen LogP contribution in [0.15, 0.2) is 24.3 Å². The van der Waals surface area contributed by atoms with Gasteiger partial charge in [-0.1, -0.05) is 37.1 Å². The molecule has 1 aromatic carbocycles. The van der Waals surface area contributed by atoms with Gasteiger partial charge in [0.1, 0.15) is 0 Å². The van der Waals surface area contributed by atoms with E-state index in [9.17, 15) is 13.2 Å². The van der Waals surface area contributed by atoms with E-state index in [-0.39, 0.29) is 17.6 Å². The Hall–Kier alpha value is -1.15. The van der Waals surface area contributed by atoms with Gasteiger partial charge in [-0.15, -0.1) is 0 Å². The highest BCUT2D eigenvalue weighted by atomic mass is 35.5. The van der Waals surface area contributed by atoms with Crippen molar-refractivity contribution in [3.8, 4) is 0 Å². The van der Waals surface area contributed by atoms with Gasteiger partial charge in [0.2, 0.25) is 15.9 Å². The van der Waals surface area contributed by atoms with E-state index in [1.54, 1.807) is 24.3 Å². The molecule has 0 unspecified atom stereocenters. The Kier molecular flexibility index (Phi) is 9.19. The molecule has 1 aromatic rings. The van der Waals surface area contributed by atoms with Crippen molar-refractivity contribution in [1.82, 2.24) is 14.5 Å². The number of likely N-dealkylation sites (tertiary alicyclic amines) is 1. The van der Waals surface area contributed by atoms with E-state index in [0.29, 0.717) is 49.1 Å². The molecule has 0 saturated carbocycles. The van der Waals surface area contributed by atoms with Crippen LogP contribution in [0.4, 0.5) is 0 Å². The summed E-state index contributed by atoms with van der Waals surface area (Å²) >= 11 is 5.97. The summed E-state index contributed by atoms with van der Waals surface area (Å²) in [4.78, 5) is 15.1.